The largest absolute Gasteiger partial charge is 0.493 e. The van der Waals surface area contributed by atoms with Crippen molar-refractivity contribution in [2.24, 2.45) is 5.10 Å². The Bertz CT molecular complexity index is 1230. The molecule has 3 rings (SSSR count). The lowest BCUT2D eigenvalue weighted by Gasteiger charge is -2.16. The van der Waals surface area contributed by atoms with E-state index < -0.39 is 16.7 Å². The number of benzene rings is 2. The molecule has 0 spiro atoms. The Labute approximate surface area is 193 Å². The molecule has 1 heterocycles. The highest BCUT2D eigenvalue weighted by Crippen LogP contribution is 2.27. The third-order valence-corrected chi connectivity index (χ3v) is 4.74. The summed E-state index contributed by atoms with van der Waals surface area (Å²) in [5, 5.41) is 15.7. The van der Waals surface area contributed by atoms with Crippen LogP contribution in [-0.2, 0) is 0 Å². The molecule has 0 aliphatic heterocycles. The van der Waals surface area contributed by atoms with E-state index in [1.54, 1.807) is 18.2 Å². The normalized spacial score (nSPS) is 10.6. The molecule has 11 heteroatoms. The van der Waals surface area contributed by atoms with Gasteiger partial charge in [-0.1, -0.05) is 11.6 Å². The lowest BCUT2D eigenvalue weighted by atomic mass is 10.1. The van der Waals surface area contributed by atoms with Gasteiger partial charge in [0.2, 0.25) is 0 Å². The molecular weight excluding hydrogens is 452 g/mol. The van der Waals surface area contributed by atoms with Crippen molar-refractivity contribution in [3.8, 4) is 11.5 Å². The van der Waals surface area contributed by atoms with Crippen molar-refractivity contribution < 1.29 is 24.0 Å². The summed E-state index contributed by atoms with van der Waals surface area (Å²) in [6, 6.07) is 11.2. The van der Waals surface area contributed by atoms with Gasteiger partial charge >= 0.3 is 0 Å². The summed E-state index contributed by atoms with van der Waals surface area (Å²) in [6.07, 6.45) is 4.00. The van der Waals surface area contributed by atoms with E-state index in [1.807, 2.05) is 0 Å². The van der Waals surface area contributed by atoms with Crippen molar-refractivity contribution in [3.05, 3.63) is 92.8 Å². The van der Waals surface area contributed by atoms with Crippen LogP contribution in [0.2, 0.25) is 5.02 Å². The minimum Gasteiger partial charge on any atom is -0.493 e. The van der Waals surface area contributed by atoms with Gasteiger partial charge in [-0.15, -0.1) is 0 Å². The van der Waals surface area contributed by atoms with Crippen LogP contribution in [0.25, 0.3) is 0 Å². The van der Waals surface area contributed by atoms with Crippen molar-refractivity contribution in [3.63, 3.8) is 0 Å². The fourth-order valence-corrected chi connectivity index (χ4v) is 2.97. The zero-order chi connectivity index (χ0) is 24.0. The molecule has 2 aromatic carbocycles. The molecule has 0 N–H and O–H groups in total. The van der Waals surface area contributed by atoms with Gasteiger partial charge in [0.1, 0.15) is 0 Å². The van der Waals surface area contributed by atoms with Crippen LogP contribution in [-0.4, -0.2) is 47.2 Å². The Kier molecular flexibility index (Phi) is 7.31. The molecule has 0 unspecified atom stereocenters. The van der Waals surface area contributed by atoms with Crippen LogP contribution in [0.15, 0.2) is 66.0 Å². The highest BCUT2D eigenvalue weighted by molar-refractivity contribution is 6.34. The van der Waals surface area contributed by atoms with Gasteiger partial charge in [-0.05, 0) is 42.0 Å². The van der Waals surface area contributed by atoms with Gasteiger partial charge in [0.15, 0.2) is 11.5 Å². The Morgan fingerprint density at radius 2 is 1.85 bits per heavy atom. The Balaban J connectivity index is 2.05. The number of imide groups is 1. The summed E-state index contributed by atoms with van der Waals surface area (Å²) in [5.41, 5.74) is -0.0422. The predicted octanol–water partition coefficient (Wildman–Crippen LogP) is 3.98. The summed E-state index contributed by atoms with van der Waals surface area (Å²) >= 11 is 6.10. The molecule has 3 aromatic rings. The fraction of sp³-hybridized carbons (Fsp3) is 0.0909. The van der Waals surface area contributed by atoms with Crippen molar-refractivity contribution in [2.45, 2.75) is 0 Å². The quantitative estimate of drug-likeness (QED) is 0.222. The summed E-state index contributed by atoms with van der Waals surface area (Å²) in [6.45, 7) is 0. The molecule has 0 saturated heterocycles. The van der Waals surface area contributed by atoms with Crippen LogP contribution in [0.4, 0.5) is 5.69 Å². The van der Waals surface area contributed by atoms with E-state index in [-0.39, 0.29) is 21.8 Å². The SMILES string of the molecule is COc1ccc(/C=N/N(C(=O)c2cccnc2)C(=O)c2cc([N+](=O)[O-])ccc2Cl)cc1OC. The second kappa shape index (κ2) is 10.3. The number of rotatable bonds is 7. The van der Waals surface area contributed by atoms with Gasteiger partial charge in [-0.25, -0.2) is 0 Å². The van der Waals surface area contributed by atoms with Gasteiger partial charge in [-0.2, -0.15) is 10.1 Å². The van der Waals surface area contributed by atoms with Crippen molar-refractivity contribution in [1.82, 2.24) is 9.99 Å². The number of carbonyl (C=O) groups excluding carboxylic acids is 2. The second-order valence-corrected chi connectivity index (χ2v) is 6.85. The monoisotopic (exact) mass is 468 g/mol. The number of ether oxygens (including phenoxy) is 2. The molecule has 0 aliphatic rings. The maximum atomic E-state index is 13.2. The van der Waals surface area contributed by atoms with Crippen LogP contribution < -0.4 is 9.47 Å². The van der Waals surface area contributed by atoms with Crippen molar-refractivity contribution in [1.29, 1.82) is 0 Å². The first-order chi connectivity index (χ1) is 15.8. The molecule has 0 aliphatic carbocycles. The number of halogens is 1. The van der Waals surface area contributed by atoms with Gasteiger partial charge in [-0.3, -0.25) is 24.7 Å². The number of hydrazone groups is 1. The number of nitrogens with zero attached hydrogens (tertiary/aromatic N) is 4. The van der Waals surface area contributed by atoms with E-state index in [4.69, 9.17) is 21.1 Å². The number of amides is 2. The molecule has 0 fully saturated rings. The summed E-state index contributed by atoms with van der Waals surface area (Å²) in [7, 11) is 2.95. The van der Waals surface area contributed by atoms with E-state index in [2.05, 4.69) is 10.1 Å². The highest BCUT2D eigenvalue weighted by atomic mass is 35.5. The Morgan fingerprint density at radius 1 is 1.09 bits per heavy atom. The minimum atomic E-state index is -0.950. The number of hydrogen-bond acceptors (Lipinski definition) is 8. The third-order valence-electron chi connectivity index (χ3n) is 4.41. The number of aromatic nitrogens is 1. The maximum absolute atomic E-state index is 13.2. The Hall–Kier alpha value is -4.31. The topological polar surface area (TPSA) is 124 Å². The van der Waals surface area contributed by atoms with E-state index >= 15 is 0 Å². The smallest absolute Gasteiger partial charge is 0.283 e. The number of hydrogen-bond donors (Lipinski definition) is 0. The molecular formula is C22H17ClN4O6. The molecule has 1 aromatic heterocycles. The molecule has 0 radical (unpaired) electrons. The van der Waals surface area contributed by atoms with E-state index in [9.17, 15) is 19.7 Å². The highest BCUT2D eigenvalue weighted by Gasteiger charge is 2.27. The molecule has 0 bridgehead atoms. The zero-order valence-electron chi connectivity index (χ0n) is 17.5. The lowest BCUT2D eigenvalue weighted by molar-refractivity contribution is -0.384. The first-order valence-electron chi connectivity index (χ1n) is 9.34. The molecule has 0 saturated carbocycles. The van der Waals surface area contributed by atoms with Crippen molar-refractivity contribution in [2.75, 3.05) is 14.2 Å². The second-order valence-electron chi connectivity index (χ2n) is 6.44. The molecule has 168 valence electrons. The van der Waals surface area contributed by atoms with Crippen LogP contribution in [0, 0.1) is 10.1 Å². The minimum absolute atomic E-state index is 0.0732. The first kappa shape index (κ1) is 23.4. The summed E-state index contributed by atoms with van der Waals surface area (Å²) in [4.78, 5) is 40.6. The van der Waals surface area contributed by atoms with E-state index in [1.165, 1.54) is 51.0 Å². The summed E-state index contributed by atoms with van der Waals surface area (Å²) in [5.74, 6) is -0.848. The number of carbonyl (C=O) groups is 2. The standard InChI is InChI=1S/C22H17ClN4O6/c1-32-19-8-5-14(10-20(19)33-2)12-25-26(21(28)15-4-3-9-24-13-15)22(29)17-11-16(27(30)31)6-7-18(17)23/h3-13H,1-2H3/b25-12+. The third kappa shape index (κ3) is 5.31. The van der Waals surface area contributed by atoms with Gasteiger partial charge in [0.25, 0.3) is 17.5 Å². The number of pyridine rings is 1. The van der Waals surface area contributed by atoms with Crippen LogP contribution >= 0.6 is 11.6 Å². The number of non-ortho nitro benzene ring substituents is 1. The Morgan fingerprint density at radius 3 is 2.48 bits per heavy atom. The van der Waals surface area contributed by atoms with Crippen molar-refractivity contribution >= 4 is 35.3 Å². The van der Waals surface area contributed by atoms with Gasteiger partial charge < -0.3 is 9.47 Å². The fourth-order valence-electron chi connectivity index (χ4n) is 2.77. The average molecular weight is 469 g/mol. The van der Waals surface area contributed by atoms with Gasteiger partial charge in [0, 0.05) is 24.5 Å². The molecule has 2 amide bonds. The number of methoxy groups -OCH3 is 2. The van der Waals surface area contributed by atoms with Crippen LogP contribution in [0.5, 0.6) is 11.5 Å². The molecule has 33 heavy (non-hydrogen) atoms. The van der Waals surface area contributed by atoms with Gasteiger partial charge in [0.05, 0.1) is 41.5 Å². The van der Waals surface area contributed by atoms with Crippen LogP contribution in [0.3, 0.4) is 0 Å². The lowest BCUT2D eigenvalue weighted by Crippen LogP contribution is -2.33. The average Bonchev–Trinajstić information content (AvgIpc) is 2.84. The number of nitro groups is 1. The molecule has 0 atom stereocenters. The zero-order valence-corrected chi connectivity index (χ0v) is 18.2. The summed E-state index contributed by atoms with van der Waals surface area (Å²) < 4.78 is 10.4. The van der Waals surface area contributed by atoms with Crippen LogP contribution in [0.1, 0.15) is 26.3 Å². The number of nitro benzene ring substituents is 1. The maximum Gasteiger partial charge on any atom is 0.283 e. The first-order valence-corrected chi connectivity index (χ1v) is 9.72. The van der Waals surface area contributed by atoms with E-state index in [0.29, 0.717) is 22.1 Å². The van der Waals surface area contributed by atoms with E-state index in [0.717, 1.165) is 12.1 Å². The molecule has 10 nitrogen and oxygen atoms in total. The predicted molar refractivity (Wildman–Crippen MR) is 120 cm³/mol.